The third-order valence-electron chi connectivity index (χ3n) is 4.54. The van der Waals surface area contributed by atoms with Crippen molar-refractivity contribution in [2.75, 3.05) is 11.4 Å². The molecule has 3 rings (SSSR count). The van der Waals surface area contributed by atoms with Gasteiger partial charge in [-0.15, -0.1) is 0 Å². The maximum atomic E-state index is 14.3. The Morgan fingerprint density at radius 3 is 2.00 bits per heavy atom. The van der Waals surface area contributed by atoms with Crippen molar-refractivity contribution in [3.8, 4) is 11.1 Å². The highest BCUT2D eigenvalue weighted by molar-refractivity contribution is 6.08. The van der Waals surface area contributed by atoms with Crippen molar-refractivity contribution in [1.29, 1.82) is 0 Å². The maximum Gasteiger partial charge on any atom is 0.326 e. The number of halogens is 4. The molecule has 4 nitrogen and oxygen atoms in total. The molecule has 0 atom stereocenters. The molecule has 0 aliphatic rings. The van der Waals surface area contributed by atoms with Crippen molar-refractivity contribution < 1.29 is 31.9 Å². The number of carbonyl (C=O) groups excluding carboxylic acids is 2. The van der Waals surface area contributed by atoms with Crippen molar-refractivity contribution in [1.82, 2.24) is 0 Å². The minimum atomic E-state index is -1.10. The van der Waals surface area contributed by atoms with Crippen LogP contribution >= 0.6 is 0 Å². The molecule has 0 aliphatic heterocycles. The van der Waals surface area contributed by atoms with Crippen LogP contribution in [0.5, 0.6) is 0 Å². The zero-order valence-electron chi connectivity index (χ0n) is 18.2. The molecule has 0 spiro atoms. The average molecular weight is 459 g/mol. The summed E-state index contributed by atoms with van der Waals surface area (Å²) >= 11 is 0. The molecule has 0 N–H and O–H groups in total. The molecule has 3 aromatic rings. The first-order valence-corrected chi connectivity index (χ1v) is 9.99. The van der Waals surface area contributed by atoms with E-state index in [0.717, 1.165) is 35.2 Å². The Labute approximate surface area is 188 Å². The van der Waals surface area contributed by atoms with Gasteiger partial charge in [0.1, 0.15) is 29.3 Å². The minimum absolute atomic E-state index is 0.107. The summed E-state index contributed by atoms with van der Waals surface area (Å²) in [6, 6.07) is 12.2. The second-order valence-electron chi connectivity index (χ2n) is 8.25. The number of ether oxygens (including phenoxy) is 1. The number of anilines is 1. The smallest absolute Gasteiger partial charge is 0.326 e. The van der Waals surface area contributed by atoms with E-state index in [0.29, 0.717) is 11.1 Å². The van der Waals surface area contributed by atoms with Gasteiger partial charge < -0.3 is 4.74 Å². The average Bonchev–Trinajstić information content (AvgIpc) is 2.72. The van der Waals surface area contributed by atoms with Gasteiger partial charge in [0, 0.05) is 5.69 Å². The van der Waals surface area contributed by atoms with Crippen LogP contribution in [0.2, 0.25) is 0 Å². The minimum Gasteiger partial charge on any atom is -0.459 e. The largest absolute Gasteiger partial charge is 0.459 e. The number of amides is 1. The van der Waals surface area contributed by atoms with Crippen molar-refractivity contribution >= 4 is 17.6 Å². The lowest BCUT2D eigenvalue weighted by molar-refractivity contribution is -0.152. The predicted molar refractivity (Wildman–Crippen MR) is 116 cm³/mol. The first-order chi connectivity index (χ1) is 15.5. The van der Waals surface area contributed by atoms with E-state index in [1.807, 2.05) is 0 Å². The van der Waals surface area contributed by atoms with Crippen LogP contribution in [0.3, 0.4) is 0 Å². The highest BCUT2D eigenvalue weighted by atomic mass is 19.2. The van der Waals surface area contributed by atoms with Gasteiger partial charge in [-0.2, -0.15) is 0 Å². The molecule has 0 fully saturated rings. The summed E-state index contributed by atoms with van der Waals surface area (Å²) in [5, 5.41) is 0. The van der Waals surface area contributed by atoms with Gasteiger partial charge in [-0.3, -0.25) is 14.5 Å². The van der Waals surface area contributed by atoms with E-state index in [1.54, 1.807) is 26.8 Å². The molecule has 0 saturated carbocycles. The molecule has 3 aromatic carbocycles. The number of rotatable bonds is 5. The van der Waals surface area contributed by atoms with Crippen LogP contribution in [0.25, 0.3) is 11.1 Å². The Bertz CT molecular complexity index is 1180. The van der Waals surface area contributed by atoms with E-state index in [1.165, 1.54) is 24.3 Å². The second-order valence-corrected chi connectivity index (χ2v) is 8.25. The Kier molecular flexibility index (Phi) is 6.86. The van der Waals surface area contributed by atoms with Crippen molar-refractivity contribution in [2.24, 2.45) is 0 Å². The Balaban J connectivity index is 2.06. The van der Waals surface area contributed by atoms with E-state index >= 15 is 0 Å². The van der Waals surface area contributed by atoms with Gasteiger partial charge in [-0.05, 0) is 68.3 Å². The molecule has 1 amide bonds. The summed E-state index contributed by atoms with van der Waals surface area (Å²) in [6.45, 7) is 4.27. The van der Waals surface area contributed by atoms with Gasteiger partial charge in [-0.1, -0.05) is 24.3 Å². The molecule has 0 aromatic heterocycles. The predicted octanol–water partition coefficient (Wildman–Crippen LogP) is 5.90. The lowest BCUT2D eigenvalue weighted by Gasteiger charge is -2.26. The Morgan fingerprint density at radius 2 is 1.39 bits per heavy atom. The van der Waals surface area contributed by atoms with Gasteiger partial charge in [0.25, 0.3) is 5.91 Å². The number of nitrogens with zero attached hydrogens (tertiary/aromatic N) is 1. The van der Waals surface area contributed by atoms with Gasteiger partial charge in [-0.25, -0.2) is 17.6 Å². The van der Waals surface area contributed by atoms with Crippen LogP contribution in [0.4, 0.5) is 23.2 Å². The fourth-order valence-electron chi connectivity index (χ4n) is 3.15. The number of esters is 1. The first-order valence-electron chi connectivity index (χ1n) is 9.99. The summed E-state index contributed by atoms with van der Waals surface area (Å²) in [4.78, 5) is 26.5. The van der Waals surface area contributed by atoms with E-state index in [-0.39, 0.29) is 5.69 Å². The highest BCUT2D eigenvalue weighted by Crippen LogP contribution is 2.28. The molecule has 8 heteroatoms. The van der Waals surface area contributed by atoms with Crippen LogP contribution in [-0.4, -0.2) is 24.0 Å². The SMILES string of the molecule is CC(C)(C)OC(=O)CN(C(=O)c1c(F)cccc1F)c1cccc(-c2ccc(F)c(F)c2)c1. The van der Waals surface area contributed by atoms with Crippen LogP contribution in [0.15, 0.2) is 60.7 Å². The quantitative estimate of drug-likeness (QED) is 0.353. The van der Waals surface area contributed by atoms with Crippen molar-refractivity contribution in [3.63, 3.8) is 0 Å². The highest BCUT2D eigenvalue weighted by Gasteiger charge is 2.28. The second kappa shape index (κ2) is 9.44. The number of hydrogen-bond acceptors (Lipinski definition) is 3. The van der Waals surface area contributed by atoms with Crippen LogP contribution in [0.1, 0.15) is 31.1 Å². The van der Waals surface area contributed by atoms with Gasteiger partial charge in [0.05, 0.1) is 0 Å². The summed E-state index contributed by atoms with van der Waals surface area (Å²) < 4.78 is 61.0. The van der Waals surface area contributed by atoms with E-state index < -0.39 is 52.9 Å². The molecule has 0 bridgehead atoms. The molecular weight excluding hydrogens is 438 g/mol. The summed E-state index contributed by atoms with van der Waals surface area (Å²) in [5.74, 6) is -6.17. The zero-order chi connectivity index (χ0) is 24.3. The fraction of sp³-hybridized carbons (Fsp3) is 0.200. The standard InChI is InChI=1S/C25H21F4NO3/c1-25(2,3)33-22(31)14-30(24(32)23-19(27)8-5-9-20(23)28)17-7-4-6-15(12-17)16-10-11-18(26)21(29)13-16/h4-13H,14H2,1-3H3. The third-order valence-corrected chi connectivity index (χ3v) is 4.54. The molecular formula is C25H21F4NO3. The molecule has 0 heterocycles. The Morgan fingerprint density at radius 1 is 0.788 bits per heavy atom. The van der Waals surface area contributed by atoms with E-state index in [2.05, 4.69) is 0 Å². The molecule has 172 valence electrons. The zero-order valence-corrected chi connectivity index (χ0v) is 18.2. The van der Waals surface area contributed by atoms with Gasteiger partial charge in [0.2, 0.25) is 0 Å². The molecule has 0 unspecified atom stereocenters. The van der Waals surface area contributed by atoms with Crippen molar-refractivity contribution in [2.45, 2.75) is 26.4 Å². The number of carbonyl (C=O) groups is 2. The summed E-state index contributed by atoms with van der Waals surface area (Å²) in [5.41, 5.74) is -0.891. The Hall–Kier alpha value is -3.68. The van der Waals surface area contributed by atoms with Gasteiger partial charge >= 0.3 is 5.97 Å². The molecule has 0 saturated heterocycles. The fourth-order valence-corrected chi connectivity index (χ4v) is 3.15. The topological polar surface area (TPSA) is 46.6 Å². The lowest BCUT2D eigenvalue weighted by Crippen LogP contribution is -2.39. The summed E-state index contributed by atoms with van der Waals surface area (Å²) in [7, 11) is 0. The lowest BCUT2D eigenvalue weighted by atomic mass is 10.0. The van der Waals surface area contributed by atoms with E-state index in [9.17, 15) is 27.2 Å². The monoisotopic (exact) mass is 459 g/mol. The molecule has 0 radical (unpaired) electrons. The van der Waals surface area contributed by atoms with Crippen molar-refractivity contribution in [3.05, 3.63) is 89.5 Å². The van der Waals surface area contributed by atoms with Gasteiger partial charge in [0.15, 0.2) is 11.6 Å². The van der Waals surface area contributed by atoms with Crippen LogP contribution in [0, 0.1) is 23.3 Å². The molecule has 0 aliphatic carbocycles. The first kappa shape index (κ1) is 24.0. The third kappa shape index (κ3) is 5.77. The molecule has 33 heavy (non-hydrogen) atoms. The van der Waals surface area contributed by atoms with Crippen LogP contribution < -0.4 is 4.90 Å². The van der Waals surface area contributed by atoms with Crippen LogP contribution in [-0.2, 0) is 9.53 Å². The number of hydrogen-bond donors (Lipinski definition) is 0. The van der Waals surface area contributed by atoms with E-state index in [4.69, 9.17) is 4.74 Å². The maximum absolute atomic E-state index is 14.3. The normalized spacial score (nSPS) is 11.2. The summed E-state index contributed by atoms with van der Waals surface area (Å²) in [6.07, 6.45) is 0. The number of benzene rings is 3.